The van der Waals surface area contributed by atoms with Gasteiger partial charge in [-0.25, -0.2) is 0 Å². The molecule has 0 fully saturated rings. The van der Waals surface area contributed by atoms with E-state index in [0.717, 1.165) is 16.8 Å². The van der Waals surface area contributed by atoms with Crippen molar-refractivity contribution in [3.05, 3.63) is 33.2 Å². The van der Waals surface area contributed by atoms with Crippen molar-refractivity contribution in [2.24, 2.45) is 7.05 Å². The normalized spacial score (nSPS) is 10.4. The lowest BCUT2D eigenvalue weighted by Gasteiger charge is -2.00. The Bertz CT molecular complexity index is 408. The highest BCUT2D eigenvalue weighted by molar-refractivity contribution is 9.10. The van der Waals surface area contributed by atoms with Crippen LogP contribution >= 0.6 is 27.3 Å². The van der Waals surface area contributed by atoms with Crippen molar-refractivity contribution in [2.75, 3.05) is 5.32 Å². The first kappa shape index (κ1) is 9.73. The lowest BCUT2D eigenvalue weighted by atomic mass is 10.3. The van der Waals surface area contributed by atoms with Crippen molar-refractivity contribution >= 4 is 33.0 Å². The molecule has 2 aromatic rings. The predicted octanol–water partition coefficient (Wildman–Crippen LogP) is 2.86. The largest absolute Gasteiger partial charge is 0.380 e. The summed E-state index contributed by atoms with van der Waals surface area (Å²) in [5.74, 6) is 0. The molecule has 0 radical (unpaired) electrons. The Labute approximate surface area is 94.9 Å². The molecule has 0 unspecified atom stereocenters. The summed E-state index contributed by atoms with van der Waals surface area (Å²) in [7, 11) is 1.92. The number of anilines is 1. The van der Waals surface area contributed by atoms with Crippen LogP contribution in [-0.4, -0.2) is 9.78 Å². The van der Waals surface area contributed by atoms with E-state index in [1.54, 1.807) is 16.0 Å². The van der Waals surface area contributed by atoms with Crippen LogP contribution in [0, 0.1) is 0 Å². The lowest BCUT2D eigenvalue weighted by molar-refractivity contribution is 0.760. The first-order chi connectivity index (χ1) is 6.75. The zero-order valence-corrected chi connectivity index (χ0v) is 10.1. The molecule has 1 N–H and O–H groups in total. The highest BCUT2D eigenvalue weighted by Crippen LogP contribution is 2.17. The second-order valence-electron chi connectivity index (χ2n) is 2.98. The number of hydrogen-bond donors (Lipinski definition) is 1. The van der Waals surface area contributed by atoms with Crippen LogP contribution in [0.1, 0.15) is 5.56 Å². The predicted molar refractivity (Wildman–Crippen MR) is 62.6 cm³/mol. The maximum atomic E-state index is 4.21. The molecule has 2 rings (SSSR count). The van der Waals surface area contributed by atoms with Crippen LogP contribution in [0.3, 0.4) is 0 Å². The molecule has 2 aromatic heterocycles. The van der Waals surface area contributed by atoms with Gasteiger partial charge in [0.2, 0.25) is 0 Å². The van der Waals surface area contributed by atoms with E-state index < -0.39 is 0 Å². The van der Waals surface area contributed by atoms with Crippen LogP contribution in [0.4, 0.5) is 5.69 Å². The summed E-state index contributed by atoms with van der Waals surface area (Å²) in [6, 6.07) is 2.06. The summed E-state index contributed by atoms with van der Waals surface area (Å²) in [6.07, 6.45) is 2.00. The number of hydrogen-bond acceptors (Lipinski definition) is 3. The fraction of sp³-hybridized carbons (Fsp3) is 0.222. The Balaban J connectivity index is 2.01. The van der Waals surface area contributed by atoms with Gasteiger partial charge in [0.15, 0.2) is 0 Å². The summed E-state index contributed by atoms with van der Waals surface area (Å²) in [5.41, 5.74) is 2.32. The lowest BCUT2D eigenvalue weighted by Crippen LogP contribution is -1.97. The average molecular weight is 272 g/mol. The van der Waals surface area contributed by atoms with Gasteiger partial charge in [0, 0.05) is 36.4 Å². The topological polar surface area (TPSA) is 29.9 Å². The molecular formula is C9H10BrN3S. The maximum absolute atomic E-state index is 4.21. The van der Waals surface area contributed by atoms with E-state index in [1.165, 1.54) is 5.56 Å². The smallest absolute Gasteiger partial charge is 0.133 e. The van der Waals surface area contributed by atoms with Gasteiger partial charge in [0.25, 0.3) is 0 Å². The van der Waals surface area contributed by atoms with E-state index in [9.17, 15) is 0 Å². The second kappa shape index (κ2) is 4.14. The van der Waals surface area contributed by atoms with Gasteiger partial charge in [0.05, 0.1) is 0 Å². The van der Waals surface area contributed by atoms with Gasteiger partial charge in [-0.1, -0.05) is 0 Å². The first-order valence-corrected chi connectivity index (χ1v) is 5.93. The number of thiophene rings is 1. The van der Waals surface area contributed by atoms with Gasteiger partial charge < -0.3 is 5.32 Å². The van der Waals surface area contributed by atoms with Crippen molar-refractivity contribution in [3.8, 4) is 0 Å². The summed E-state index contributed by atoms with van der Waals surface area (Å²) in [5, 5.41) is 11.7. The van der Waals surface area contributed by atoms with Crippen molar-refractivity contribution in [1.82, 2.24) is 9.78 Å². The number of halogens is 1. The molecule has 0 bridgehead atoms. The van der Waals surface area contributed by atoms with Gasteiger partial charge in [-0.05, 0) is 27.4 Å². The summed E-state index contributed by atoms with van der Waals surface area (Å²) < 4.78 is 2.71. The third kappa shape index (κ3) is 2.16. The summed E-state index contributed by atoms with van der Waals surface area (Å²) in [4.78, 5) is 0. The number of nitrogens with zero attached hydrogens (tertiary/aromatic N) is 2. The third-order valence-electron chi connectivity index (χ3n) is 1.86. The van der Waals surface area contributed by atoms with Crippen LogP contribution in [0.2, 0.25) is 0 Å². The molecule has 14 heavy (non-hydrogen) atoms. The van der Waals surface area contributed by atoms with E-state index in [2.05, 4.69) is 43.2 Å². The molecule has 5 heteroatoms. The fourth-order valence-corrected chi connectivity index (χ4v) is 2.30. The monoisotopic (exact) mass is 271 g/mol. The Kier molecular flexibility index (Phi) is 2.88. The van der Waals surface area contributed by atoms with Crippen LogP contribution < -0.4 is 5.32 Å². The van der Waals surface area contributed by atoms with Gasteiger partial charge in [-0.3, -0.25) is 4.68 Å². The molecule has 3 nitrogen and oxygen atoms in total. The molecule has 0 aliphatic carbocycles. The Morgan fingerprint density at radius 2 is 2.50 bits per heavy atom. The average Bonchev–Trinajstić information content (AvgIpc) is 2.72. The van der Waals surface area contributed by atoms with E-state index in [1.807, 2.05) is 13.2 Å². The Morgan fingerprint density at radius 3 is 3.07 bits per heavy atom. The van der Waals surface area contributed by atoms with Gasteiger partial charge in [-0.15, -0.1) is 0 Å². The molecule has 74 valence electrons. The van der Waals surface area contributed by atoms with Gasteiger partial charge in [-0.2, -0.15) is 16.4 Å². The molecule has 0 aromatic carbocycles. The number of nitrogens with one attached hydrogen (secondary N) is 1. The minimum atomic E-state index is 0.797. The minimum absolute atomic E-state index is 0.797. The standard InChI is InChI=1S/C9H10BrN3S/c1-13-5-7(9(10)12-13)4-11-8-2-3-14-6-8/h2-3,5-6,11H,4H2,1H3. The third-order valence-corrected chi connectivity index (χ3v) is 3.21. The SMILES string of the molecule is Cn1cc(CNc2ccsc2)c(Br)n1. The van der Waals surface area contributed by atoms with Crippen molar-refractivity contribution < 1.29 is 0 Å². The van der Waals surface area contributed by atoms with Crippen LogP contribution in [-0.2, 0) is 13.6 Å². The van der Waals surface area contributed by atoms with Gasteiger partial charge in [0.1, 0.15) is 4.60 Å². The highest BCUT2D eigenvalue weighted by atomic mass is 79.9. The molecule has 2 heterocycles. The molecule has 0 amide bonds. The Hall–Kier alpha value is -0.810. The summed E-state index contributed by atoms with van der Waals surface area (Å²) >= 11 is 5.10. The van der Waals surface area contributed by atoms with E-state index in [0.29, 0.717) is 0 Å². The van der Waals surface area contributed by atoms with Crippen LogP contribution in [0.15, 0.2) is 27.6 Å². The van der Waals surface area contributed by atoms with E-state index >= 15 is 0 Å². The Morgan fingerprint density at radius 1 is 1.64 bits per heavy atom. The molecule has 0 aliphatic heterocycles. The molecular weight excluding hydrogens is 262 g/mol. The second-order valence-corrected chi connectivity index (χ2v) is 4.52. The van der Waals surface area contributed by atoms with Crippen LogP contribution in [0.5, 0.6) is 0 Å². The minimum Gasteiger partial charge on any atom is -0.380 e. The van der Waals surface area contributed by atoms with Gasteiger partial charge >= 0.3 is 0 Å². The number of rotatable bonds is 3. The zero-order valence-electron chi connectivity index (χ0n) is 7.70. The van der Waals surface area contributed by atoms with Crippen molar-refractivity contribution in [3.63, 3.8) is 0 Å². The van der Waals surface area contributed by atoms with E-state index in [4.69, 9.17) is 0 Å². The van der Waals surface area contributed by atoms with Crippen molar-refractivity contribution in [1.29, 1.82) is 0 Å². The van der Waals surface area contributed by atoms with Crippen molar-refractivity contribution in [2.45, 2.75) is 6.54 Å². The molecule has 0 atom stereocenters. The number of aromatic nitrogens is 2. The van der Waals surface area contributed by atoms with E-state index in [-0.39, 0.29) is 0 Å². The summed E-state index contributed by atoms with van der Waals surface area (Å²) in [6.45, 7) is 0.797. The quantitative estimate of drug-likeness (QED) is 0.931. The zero-order chi connectivity index (χ0) is 9.97. The number of aryl methyl sites for hydroxylation is 1. The molecule has 0 spiro atoms. The molecule has 0 saturated carbocycles. The first-order valence-electron chi connectivity index (χ1n) is 4.20. The van der Waals surface area contributed by atoms with Crippen LogP contribution in [0.25, 0.3) is 0 Å². The molecule has 0 saturated heterocycles. The maximum Gasteiger partial charge on any atom is 0.133 e. The molecule has 0 aliphatic rings. The fourth-order valence-electron chi connectivity index (χ4n) is 1.19. The highest BCUT2D eigenvalue weighted by Gasteiger charge is 2.03.